The van der Waals surface area contributed by atoms with E-state index >= 15 is 0 Å². The van der Waals surface area contributed by atoms with Gasteiger partial charge in [0, 0.05) is 16.7 Å². The van der Waals surface area contributed by atoms with Crippen molar-refractivity contribution in [1.82, 2.24) is 4.57 Å². The summed E-state index contributed by atoms with van der Waals surface area (Å²) in [7, 11) is 1.56. The van der Waals surface area contributed by atoms with Gasteiger partial charge in [0.05, 0.1) is 23.7 Å². The lowest BCUT2D eigenvalue weighted by Gasteiger charge is -2.11. The Morgan fingerprint density at radius 1 is 1.00 bits per heavy atom. The first-order valence-corrected chi connectivity index (χ1v) is 7.01. The smallest absolute Gasteiger partial charge is 0.263 e. The Hall–Kier alpha value is -2.88. The van der Waals surface area contributed by atoms with E-state index in [4.69, 9.17) is 4.74 Å². The van der Waals surface area contributed by atoms with Gasteiger partial charge in [-0.1, -0.05) is 18.2 Å². The molecular weight excluding hydrogens is 278 g/mol. The Balaban J connectivity index is 2.22. The maximum absolute atomic E-state index is 12.7. The molecule has 0 fully saturated rings. The number of pyridine rings is 1. The maximum atomic E-state index is 12.7. The van der Waals surface area contributed by atoms with Crippen molar-refractivity contribution in [2.75, 3.05) is 7.11 Å². The maximum Gasteiger partial charge on any atom is 0.263 e. The molecule has 0 N–H and O–H groups in total. The molecule has 2 aromatic carbocycles. The zero-order valence-electron chi connectivity index (χ0n) is 12.2. The highest BCUT2D eigenvalue weighted by Gasteiger charge is 2.29. The summed E-state index contributed by atoms with van der Waals surface area (Å²) in [5.74, 6) is 0.511. The van der Waals surface area contributed by atoms with Crippen LogP contribution in [0.25, 0.3) is 22.2 Å². The number of ether oxygens (including phenoxy) is 1. The molecule has 2 heterocycles. The highest BCUT2D eigenvalue weighted by molar-refractivity contribution is 6.13. The van der Waals surface area contributed by atoms with Gasteiger partial charge in [-0.15, -0.1) is 0 Å². The normalized spacial score (nSPS) is 12.4. The van der Waals surface area contributed by atoms with Gasteiger partial charge in [-0.05, 0) is 31.2 Å². The first kappa shape index (κ1) is 12.8. The van der Waals surface area contributed by atoms with E-state index in [0.717, 1.165) is 5.56 Å². The van der Waals surface area contributed by atoms with Crippen molar-refractivity contribution in [2.45, 2.75) is 6.92 Å². The van der Waals surface area contributed by atoms with Crippen LogP contribution in [-0.4, -0.2) is 17.6 Å². The third-order valence-electron chi connectivity index (χ3n) is 4.22. The minimum atomic E-state index is -0.0936. The number of nitrogens with zero attached hydrogens (tertiary/aromatic N) is 1. The van der Waals surface area contributed by atoms with Gasteiger partial charge in [-0.3, -0.25) is 14.2 Å². The van der Waals surface area contributed by atoms with E-state index in [9.17, 15) is 9.59 Å². The fourth-order valence-electron chi connectivity index (χ4n) is 3.15. The second kappa shape index (κ2) is 4.31. The van der Waals surface area contributed by atoms with Crippen LogP contribution in [0, 0.1) is 6.92 Å². The molecule has 0 spiro atoms. The Labute approximate surface area is 126 Å². The Morgan fingerprint density at radius 3 is 2.45 bits per heavy atom. The van der Waals surface area contributed by atoms with Gasteiger partial charge in [-0.2, -0.15) is 0 Å². The van der Waals surface area contributed by atoms with Gasteiger partial charge in [0.1, 0.15) is 5.75 Å². The van der Waals surface area contributed by atoms with Crippen LogP contribution in [0.2, 0.25) is 0 Å². The van der Waals surface area contributed by atoms with Crippen molar-refractivity contribution in [3.05, 3.63) is 63.8 Å². The summed E-state index contributed by atoms with van der Waals surface area (Å²) < 4.78 is 6.83. The molecule has 4 rings (SSSR count). The molecule has 3 aromatic rings. The number of carbonyl (C=O) groups excluding carboxylic acids is 1. The number of hydrogen-bond donors (Lipinski definition) is 0. The highest BCUT2D eigenvalue weighted by atomic mass is 16.5. The van der Waals surface area contributed by atoms with Crippen molar-refractivity contribution in [3.8, 4) is 17.0 Å². The first-order chi connectivity index (χ1) is 10.6. The van der Waals surface area contributed by atoms with E-state index in [2.05, 4.69) is 0 Å². The summed E-state index contributed by atoms with van der Waals surface area (Å²) in [6.07, 6.45) is 0. The predicted octanol–water partition coefficient (Wildman–Crippen LogP) is 2.99. The minimum Gasteiger partial charge on any atom is -0.497 e. The van der Waals surface area contributed by atoms with Crippen molar-refractivity contribution in [3.63, 3.8) is 0 Å². The minimum absolute atomic E-state index is 0.0651. The molecule has 0 radical (unpaired) electrons. The molecular formula is C18H13NO3. The molecule has 4 heteroatoms. The molecule has 1 aliphatic rings. The van der Waals surface area contributed by atoms with Crippen LogP contribution in [0.4, 0.5) is 0 Å². The third kappa shape index (κ3) is 1.46. The average Bonchev–Trinajstić information content (AvgIpc) is 2.86. The lowest BCUT2D eigenvalue weighted by atomic mass is 10.0. The van der Waals surface area contributed by atoms with Crippen LogP contribution < -0.4 is 10.2 Å². The molecule has 0 amide bonds. The summed E-state index contributed by atoms with van der Waals surface area (Å²) in [5.41, 5.74) is 3.28. The first-order valence-electron chi connectivity index (χ1n) is 7.01. The summed E-state index contributed by atoms with van der Waals surface area (Å²) in [5, 5.41) is 0.502. The molecule has 1 aliphatic heterocycles. The van der Waals surface area contributed by atoms with Gasteiger partial charge < -0.3 is 4.74 Å². The van der Waals surface area contributed by atoms with Crippen molar-refractivity contribution < 1.29 is 9.53 Å². The van der Waals surface area contributed by atoms with E-state index in [0.29, 0.717) is 33.5 Å². The van der Waals surface area contributed by atoms with Crippen molar-refractivity contribution in [2.24, 2.45) is 0 Å². The number of hydrogen-bond acceptors (Lipinski definition) is 3. The molecule has 108 valence electrons. The van der Waals surface area contributed by atoms with E-state index in [1.807, 2.05) is 18.2 Å². The Bertz CT molecular complexity index is 1010. The van der Waals surface area contributed by atoms with Gasteiger partial charge in [0.2, 0.25) is 0 Å². The lowest BCUT2D eigenvalue weighted by Crippen LogP contribution is -2.16. The molecule has 0 bridgehead atoms. The number of fused-ring (bicyclic) bond motifs is 5. The van der Waals surface area contributed by atoms with E-state index in [1.54, 1.807) is 42.9 Å². The molecule has 0 atom stereocenters. The van der Waals surface area contributed by atoms with Crippen LogP contribution in [0.15, 0.2) is 47.3 Å². The number of benzene rings is 2. The average molecular weight is 291 g/mol. The van der Waals surface area contributed by atoms with Gasteiger partial charge in [-0.25, -0.2) is 0 Å². The van der Waals surface area contributed by atoms with Crippen LogP contribution in [0.1, 0.15) is 15.9 Å². The number of rotatable bonds is 1. The molecule has 1 aromatic heterocycles. The summed E-state index contributed by atoms with van der Waals surface area (Å²) in [6.45, 7) is 1.77. The summed E-state index contributed by atoms with van der Waals surface area (Å²) in [6, 6.07) is 12.6. The van der Waals surface area contributed by atoms with Crippen LogP contribution in [-0.2, 0) is 0 Å². The Morgan fingerprint density at radius 2 is 1.73 bits per heavy atom. The topological polar surface area (TPSA) is 48.3 Å². The number of aromatic nitrogens is 1. The fraction of sp³-hybridized carbons (Fsp3) is 0.111. The molecule has 0 aliphatic carbocycles. The predicted molar refractivity (Wildman–Crippen MR) is 84.7 cm³/mol. The molecule has 4 nitrogen and oxygen atoms in total. The largest absolute Gasteiger partial charge is 0.497 e. The van der Waals surface area contributed by atoms with E-state index in [-0.39, 0.29) is 11.3 Å². The Kier molecular flexibility index (Phi) is 2.51. The zero-order valence-corrected chi connectivity index (χ0v) is 12.2. The van der Waals surface area contributed by atoms with Crippen LogP contribution in [0.5, 0.6) is 5.75 Å². The van der Waals surface area contributed by atoms with Gasteiger partial charge in [0.15, 0.2) is 5.43 Å². The van der Waals surface area contributed by atoms with Gasteiger partial charge in [0.25, 0.3) is 5.91 Å². The number of carbonyl (C=O) groups is 1. The van der Waals surface area contributed by atoms with E-state index < -0.39 is 0 Å². The molecule has 0 saturated heterocycles. The highest BCUT2D eigenvalue weighted by Crippen LogP contribution is 2.36. The monoisotopic (exact) mass is 291 g/mol. The molecule has 22 heavy (non-hydrogen) atoms. The van der Waals surface area contributed by atoms with E-state index in [1.165, 1.54) is 0 Å². The zero-order chi connectivity index (χ0) is 15.4. The fourth-order valence-corrected chi connectivity index (χ4v) is 3.15. The number of methoxy groups -OCH3 is 1. The quantitative estimate of drug-likeness (QED) is 0.541. The second-order valence-corrected chi connectivity index (χ2v) is 5.37. The van der Waals surface area contributed by atoms with Gasteiger partial charge >= 0.3 is 0 Å². The van der Waals surface area contributed by atoms with Crippen molar-refractivity contribution in [1.29, 1.82) is 0 Å². The SMILES string of the molecule is COc1ccc2c(c1)c(=O)c(C)c1n2C(=O)c2ccccc2-1. The standard InChI is InChI=1S/C18H13NO3/c1-10-16-12-5-3-4-6-13(12)18(21)19(16)15-8-7-11(22-2)9-14(15)17(10)20/h3-9H,1-2H3. The summed E-state index contributed by atoms with van der Waals surface area (Å²) in [4.78, 5) is 25.4. The third-order valence-corrected chi connectivity index (χ3v) is 4.22. The lowest BCUT2D eigenvalue weighted by molar-refractivity contribution is 0.0973. The second-order valence-electron chi connectivity index (χ2n) is 5.37. The van der Waals surface area contributed by atoms with Crippen LogP contribution in [0.3, 0.4) is 0 Å². The van der Waals surface area contributed by atoms with Crippen LogP contribution >= 0.6 is 0 Å². The van der Waals surface area contributed by atoms with Crippen molar-refractivity contribution >= 4 is 16.8 Å². The molecule has 0 saturated carbocycles. The molecule has 0 unspecified atom stereocenters. The summed E-state index contributed by atoms with van der Waals surface area (Å²) >= 11 is 0.